The van der Waals surface area contributed by atoms with E-state index < -0.39 is 0 Å². The van der Waals surface area contributed by atoms with Crippen molar-refractivity contribution in [2.45, 2.75) is 32.4 Å². The number of rotatable bonds is 5. The fourth-order valence-electron chi connectivity index (χ4n) is 4.65. The van der Waals surface area contributed by atoms with Gasteiger partial charge in [0.2, 0.25) is 17.6 Å². The summed E-state index contributed by atoms with van der Waals surface area (Å²) in [6, 6.07) is 16.1. The molecule has 0 N–H and O–H groups in total. The number of piperidine rings is 1. The van der Waals surface area contributed by atoms with Gasteiger partial charge in [0, 0.05) is 24.6 Å². The molecule has 2 aromatic carbocycles. The molecule has 2 aliphatic heterocycles. The summed E-state index contributed by atoms with van der Waals surface area (Å²) in [6.45, 7) is 3.90. The van der Waals surface area contributed by atoms with Crippen LogP contribution < -0.4 is 4.74 Å². The van der Waals surface area contributed by atoms with Crippen LogP contribution in [0.4, 0.5) is 0 Å². The second kappa shape index (κ2) is 9.12. The predicted molar refractivity (Wildman–Crippen MR) is 120 cm³/mol. The zero-order chi connectivity index (χ0) is 21.9. The maximum atomic E-state index is 13.1. The predicted octanol–water partition coefficient (Wildman–Crippen LogP) is 3.54. The Morgan fingerprint density at radius 2 is 1.81 bits per heavy atom. The van der Waals surface area contributed by atoms with Crippen LogP contribution in [0.3, 0.4) is 0 Å². The van der Waals surface area contributed by atoms with Gasteiger partial charge in [-0.2, -0.15) is 4.98 Å². The van der Waals surface area contributed by atoms with Crippen molar-refractivity contribution in [3.8, 4) is 17.1 Å². The number of carbonyl (C=O) groups is 1. The third-order valence-electron chi connectivity index (χ3n) is 6.55. The SMILES string of the molecule is COc1ccc(-c2noc(CN3CCC(C(=O)N4CCc5ccccc5C4)CC3)n2)cc1. The summed E-state index contributed by atoms with van der Waals surface area (Å²) in [6.07, 6.45) is 2.70. The summed E-state index contributed by atoms with van der Waals surface area (Å²) >= 11 is 0. The molecule has 1 aromatic heterocycles. The van der Waals surface area contributed by atoms with Crippen molar-refractivity contribution in [2.24, 2.45) is 5.92 Å². The number of methoxy groups -OCH3 is 1. The molecule has 3 heterocycles. The van der Waals surface area contributed by atoms with E-state index in [9.17, 15) is 4.79 Å². The summed E-state index contributed by atoms with van der Waals surface area (Å²) in [5.41, 5.74) is 3.56. The first-order valence-corrected chi connectivity index (χ1v) is 11.2. The number of nitrogens with zero attached hydrogens (tertiary/aromatic N) is 4. The number of amides is 1. The number of hydrogen-bond donors (Lipinski definition) is 0. The van der Waals surface area contributed by atoms with Crippen molar-refractivity contribution in [1.29, 1.82) is 0 Å². The number of fused-ring (bicyclic) bond motifs is 1. The molecule has 0 bridgehead atoms. The fraction of sp³-hybridized carbons (Fsp3) is 0.400. The molecule has 7 nitrogen and oxygen atoms in total. The number of carbonyl (C=O) groups excluding carboxylic acids is 1. The first-order chi connectivity index (χ1) is 15.7. The normalized spacial score (nSPS) is 17.2. The van der Waals surface area contributed by atoms with E-state index in [4.69, 9.17) is 9.26 Å². The van der Waals surface area contributed by atoms with Crippen LogP contribution >= 0.6 is 0 Å². The monoisotopic (exact) mass is 432 g/mol. The maximum Gasteiger partial charge on any atom is 0.241 e. The highest BCUT2D eigenvalue weighted by Crippen LogP contribution is 2.26. The lowest BCUT2D eigenvalue weighted by Crippen LogP contribution is -2.44. The number of ether oxygens (including phenoxy) is 1. The molecule has 5 rings (SSSR count). The van der Waals surface area contributed by atoms with E-state index in [1.807, 2.05) is 29.2 Å². The van der Waals surface area contributed by atoms with Gasteiger partial charge in [-0.15, -0.1) is 0 Å². The largest absolute Gasteiger partial charge is 0.497 e. The Bertz CT molecular complexity index is 1070. The topological polar surface area (TPSA) is 71.7 Å². The fourth-order valence-corrected chi connectivity index (χ4v) is 4.65. The zero-order valence-corrected chi connectivity index (χ0v) is 18.4. The Morgan fingerprint density at radius 1 is 1.06 bits per heavy atom. The lowest BCUT2D eigenvalue weighted by molar-refractivity contribution is -0.138. The van der Waals surface area contributed by atoms with Gasteiger partial charge < -0.3 is 14.2 Å². The van der Waals surface area contributed by atoms with Crippen LogP contribution in [-0.4, -0.2) is 52.6 Å². The quantitative estimate of drug-likeness (QED) is 0.614. The number of aromatic nitrogens is 2. The van der Waals surface area contributed by atoms with Gasteiger partial charge >= 0.3 is 0 Å². The van der Waals surface area contributed by atoms with Crippen LogP contribution in [0.5, 0.6) is 5.75 Å². The molecular weight excluding hydrogens is 404 g/mol. The lowest BCUT2D eigenvalue weighted by atomic mass is 9.93. The van der Waals surface area contributed by atoms with Crippen molar-refractivity contribution < 1.29 is 14.1 Å². The second-order valence-electron chi connectivity index (χ2n) is 8.57. The number of likely N-dealkylation sites (tertiary alicyclic amines) is 1. The molecule has 0 spiro atoms. The van der Waals surface area contributed by atoms with Gasteiger partial charge in [0.1, 0.15) is 5.75 Å². The third kappa shape index (κ3) is 4.39. The van der Waals surface area contributed by atoms with Gasteiger partial charge in [-0.3, -0.25) is 9.69 Å². The standard InChI is InChI=1S/C25H28N4O3/c1-31-22-8-6-19(7-9-22)24-26-23(32-27-24)17-28-13-10-20(11-14-28)25(30)29-15-12-18-4-2-3-5-21(18)16-29/h2-9,20H,10-17H2,1H3. The summed E-state index contributed by atoms with van der Waals surface area (Å²) in [7, 11) is 1.64. The van der Waals surface area contributed by atoms with Crippen LogP contribution in [0.15, 0.2) is 53.1 Å². The van der Waals surface area contributed by atoms with Crippen molar-refractivity contribution in [1.82, 2.24) is 19.9 Å². The molecule has 7 heteroatoms. The van der Waals surface area contributed by atoms with Crippen molar-refractivity contribution >= 4 is 5.91 Å². The molecule has 1 amide bonds. The van der Waals surface area contributed by atoms with Gasteiger partial charge in [-0.25, -0.2) is 0 Å². The third-order valence-corrected chi connectivity index (χ3v) is 6.55. The molecule has 0 aliphatic carbocycles. The average Bonchev–Trinajstić information content (AvgIpc) is 3.32. The van der Waals surface area contributed by atoms with Crippen LogP contribution in [-0.2, 0) is 24.3 Å². The Balaban J connectivity index is 1.14. The Kier molecular flexibility index (Phi) is 5.90. The summed E-state index contributed by atoms with van der Waals surface area (Å²) in [4.78, 5) is 22.0. The Morgan fingerprint density at radius 3 is 2.56 bits per heavy atom. The van der Waals surface area contributed by atoms with Gasteiger partial charge in [0.25, 0.3) is 0 Å². The summed E-state index contributed by atoms with van der Waals surface area (Å²) < 4.78 is 10.7. The minimum atomic E-state index is 0.106. The van der Waals surface area contributed by atoms with Crippen LogP contribution in [0.2, 0.25) is 0 Å². The second-order valence-corrected chi connectivity index (χ2v) is 8.57. The minimum absolute atomic E-state index is 0.106. The van der Waals surface area contributed by atoms with E-state index in [0.717, 1.165) is 56.8 Å². The van der Waals surface area contributed by atoms with Crippen LogP contribution in [0, 0.1) is 5.92 Å². The van der Waals surface area contributed by atoms with Gasteiger partial charge in [0.15, 0.2) is 0 Å². The first-order valence-electron chi connectivity index (χ1n) is 11.2. The van der Waals surface area contributed by atoms with Crippen LogP contribution in [0.25, 0.3) is 11.4 Å². The minimum Gasteiger partial charge on any atom is -0.497 e. The zero-order valence-electron chi connectivity index (χ0n) is 18.4. The molecule has 32 heavy (non-hydrogen) atoms. The van der Waals surface area contributed by atoms with E-state index in [1.165, 1.54) is 11.1 Å². The lowest BCUT2D eigenvalue weighted by Gasteiger charge is -2.35. The molecular formula is C25H28N4O3. The van der Waals surface area contributed by atoms with E-state index in [1.54, 1.807) is 7.11 Å². The highest BCUT2D eigenvalue weighted by Gasteiger charge is 2.30. The van der Waals surface area contributed by atoms with E-state index in [2.05, 4.69) is 39.3 Å². The van der Waals surface area contributed by atoms with Crippen LogP contribution in [0.1, 0.15) is 29.9 Å². The van der Waals surface area contributed by atoms with Crippen molar-refractivity contribution in [3.63, 3.8) is 0 Å². The highest BCUT2D eigenvalue weighted by atomic mass is 16.5. The first kappa shape index (κ1) is 20.7. The smallest absolute Gasteiger partial charge is 0.241 e. The Labute approximate surface area is 188 Å². The van der Waals surface area contributed by atoms with Gasteiger partial charge in [-0.1, -0.05) is 29.4 Å². The average molecular weight is 433 g/mol. The molecule has 0 atom stereocenters. The number of benzene rings is 2. The molecule has 1 fully saturated rings. The van der Waals surface area contributed by atoms with E-state index in [0.29, 0.717) is 24.2 Å². The molecule has 2 aliphatic rings. The molecule has 0 saturated carbocycles. The molecule has 1 saturated heterocycles. The summed E-state index contributed by atoms with van der Waals surface area (Å²) in [5.74, 6) is 2.39. The number of hydrogen-bond acceptors (Lipinski definition) is 6. The highest BCUT2D eigenvalue weighted by molar-refractivity contribution is 5.79. The maximum absolute atomic E-state index is 13.1. The molecule has 3 aromatic rings. The summed E-state index contributed by atoms with van der Waals surface area (Å²) in [5, 5.41) is 4.12. The van der Waals surface area contributed by atoms with Gasteiger partial charge in [0.05, 0.1) is 13.7 Å². The van der Waals surface area contributed by atoms with Gasteiger partial charge in [-0.05, 0) is 67.7 Å². The molecule has 0 radical (unpaired) electrons. The van der Waals surface area contributed by atoms with Crippen molar-refractivity contribution in [3.05, 3.63) is 65.5 Å². The molecule has 166 valence electrons. The van der Waals surface area contributed by atoms with E-state index >= 15 is 0 Å². The Hall–Kier alpha value is -3.19. The van der Waals surface area contributed by atoms with Crippen molar-refractivity contribution in [2.75, 3.05) is 26.7 Å². The van der Waals surface area contributed by atoms with E-state index in [-0.39, 0.29) is 5.92 Å². The molecule has 0 unspecified atom stereocenters.